The van der Waals surface area contributed by atoms with Crippen molar-refractivity contribution in [2.24, 2.45) is 0 Å². The summed E-state index contributed by atoms with van der Waals surface area (Å²) >= 11 is 0. The quantitative estimate of drug-likeness (QED) is 0.768. The monoisotopic (exact) mass is 280 g/mol. The Hall–Kier alpha value is -0.390. The zero-order valence-corrected chi connectivity index (χ0v) is 14.2. The Morgan fingerprint density at radius 3 is 1.68 bits per heavy atom. The molecule has 0 aliphatic rings. The van der Waals surface area contributed by atoms with Gasteiger partial charge in [-0.1, -0.05) is 62.3 Å². The zero-order valence-electron chi connectivity index (χ0n) is 13.2. The van der Waals surface area contributed by atoms with Gasteiger partial charge >= 0.3 is 0 Å². The normalized spacial score (nSPS) is 12.5. The second kappa shape index (κ2) is 7.41. The van der Waals surface area contributed by atoms with E-state index in [9.17, 15) is 0 Å². The molecule has 0 amide bonds. The van der Waals surface area contributed by atoms with Crippen LogP contribution < -0.4 is 5.30 Å². The number of benzene rings is 1. The lowest BCUT2D eigenvalue weighted by molar-refractivity contribution is 0.322. The van der Waals surface area contributed by atoms with Crippen LogP contribution in [0.3, 0.4) is 0 Å². The summed E-state index contributed by atoms with van der Waals surface area (Å²) in [6.07, 6.45) is 0.889. The van der Waals surface area contributed by atoms with Gasteiger partial charge in [-0.25, -0.2) is 0 Å². The minimum Gasteiger partial charge on any atom is -0.396 e. The van der Waals surface area contributed by atoms with Crippen LogP contribution in [0.25, 0.3) is 0 Å². The van der Waals surface area contributed by atoms with Gasteiger partial charge in [0.1, 0.15) is 0 Å². The molecule has 0 fully saturated rings. The smallest absolute Gasteiger partial charge is 0.0470 e. The molecule has 0 heterocycles. The second-order valence-electron chi connectivity index (χ2n) is 6.19. The number of rotatable bonds is 6. The molecule has 1 nitrogen and oxygen atoms in total. The summed E-state index contributed by atoms with van der Waals surface area (Å²) in [6, 6.07) is 4.78. The first kappa shape index (κ1) is 16.7. The fraction of sp³-hybridized carbons (Fsp3) is 0.647. The highest BCUT2D eigenvalue weighted by atomic mass is 31.1. The van der Waals surface area contributed by atoms with E-state index in [-0.39, 0.29) is 0 Å². The molecule has 0 bridgehead atoms. The van der Waals surface area contributed by atoms with Crippen molar-refractivity contribution in [3.8, 4) is 0 Å². The van der Waals surface area contributed by atoms with Gasteiger partial charge in [0.25, 0.3) is 0 Å². The maximum absolute atomic E-state index is 9.14. The van der Waals surface area contributed by atoms with Crippen LogP contribution in [-0.2, 0) is 0 Å². The highest BCUT2D eigenvalue weighted by molar-refractivity contribution is 7.47. The first-order chi connectivity index (χ1) is 8.88. The Bertz CT molecular complexity index is 379. The summed E-state index contributed by atoms with van der Waals surface area (Å²) in [5, 5.41) is 10.6. The second-order valence-corrected chi connectivity index (χ2v) is 7.54. The van der Waals surface area contributed by atoms with E-state index in [1.54, 1.807) is 0 Å². The molecule has 1 rings (SSSR count). The van der Waals surface area contributed by atoms with E-state index in [0.29, 0.717) is 24.4 Å². The average molecular weight is 280 g/mol. The molecule has 0 radical (unpaired) electrons. The van der Waals surface area contributed by atoms with E-state index >= 15 is 0 Å². The molecule has 1 unspecified atom stereocenters. The van der Waals surface area contributed by atoms with Crippen molar-refractivity contribution in [3.63, 3.8) is 0 Å². The third kappa shape index (κ3) is 4.29. The lowest BCUT2D eigenvalue weighted by Gasteiger charge is -2.22. The van der Waals surface area contributed by atoms with E-state index in [2.05, 4.69) is 53.7 Å². The molecule has 0 saturated heterocycles. The molecule has 0 aliphatic heterocycles. The van der Waals surface area contributed by atoms with Crippen LogP contribution in [-0.4, -0.2) is 17.9 Å². The first-order valence-electron chi connectivity index (χ1n) is 7.40. The topological polar surface area (TPSA) is 20.2 Å². The summed E-state index contributed by atoms with van der Waals surface area (Å²) in [5.74, 6) is 1.68. The summed E-state index contributed by atoms with van der Waals surface area (Å²) in [6.45, 7) is 13.9. The SMILES string of the molecule is CC(C)c1cc(C(C)C)c(PCCO)c(C(C)C)c1. The van der Waals surface area contributed by atoms with Gasteiger partial charge in [-0.2, -0.15) is 0 Å². The maximum atomic E-state index is 9.14. The molecule has 0 spiro atoms. The fourth-order valence-corrected chi connectivity index (χ4v) is 3.83. The zero-order chi connectivity index (χ0) is 14.6. The highest BCUT2D eigenvalue weighted by Gasteiger charge is 2.16. The predicted octanol–water partition coefficient (Wildman–Crippen LogP) is 4.35. The van der Waals surface area contributed by atoms with Crippen LogP contribution in [0, 0.1) is 0 Å². The Labute approximate surface area is 120 Å². The molecule has 1 aromatic rings. The van der Waals surface area contributed by atoms with Crippen molar-refractivity contribution in [2.45, 2.75) is 59.3 Å². The number of hydrogen-bond acceptors (Lipinski definition) is 1. The van der Waals surface area contributed by atoms with Crippen molar-refractivity contribution in [1.82, 2.24) is 0 Å². The summed E-state index contributed by atoms with van der Waals surface area (Å²) in [7, 11) is 0.728. The van der Waals surface area contributed by atoms with Gasteiger partial charge in [0.05, 0.1) is 0 Å². The van der Waals surface area contributed by atoms with E-state index in [0.717, 1.165) is 14.7 Å². The summed E-state index contributed by atoms with van der Waals surface area (Å²) < 4.78 is 0. The van der Waals surface area contributed by atoms with Crippen LogP contribution in [0.4, 0.5) is 0 Å². The molecule has 0 aliphatic carbocycles. The molecule has 1 aromatic carbocycles. The summed E-state index contributed by atoms with van der Waals surface area (Å²) in [4.78, 5) is 0. The fourth-order valence-electron chi connectivity index (χ4n) is 2.34. The van der Waals surface area contributed by atoms with E-state index < -0.39 is 0 Å². The Morgan fingerprint density at radius 2 is 1.37 bits per heavy atom. The molecule has 19 heavy (non-hydrogen) atoms. The van der Waals surface area contributed by atoms with Gasteiger partial charge in [-0.05, 0) is 45.9 Å². The van der Waals surface area contributed by atoms with Gasteiger partial charge in [-0.15, -0.1) is 0 Å². The predicted molar refractivity (Wildman–Crippen MR) is 88.6 cm³/mol. The van der Waals surface area contributed by atoms with Crippen LogP contribution in [0.5, 0.6) is 0 Å². The Balaban J connectivity index is 3.37. The number of hydrogen-bond donors (Lipinski definition) is 1. The lowest BCUT2D eigenvalue weighted by atomic mass is 9.89. The van der Waals surface area contributed by atoms with Crippen molar-refractivity contribution in [3.05, 3.63) is 28.8 Å². The Kier molecular flexibility index (Phi) is 6.50. The molecule has 108 valence electrons. The highest BCUT2D eigenvalue weighted by Crippen LogP contribution is 2.30. The van der Waals surface area contributed by atoms with Crippen molar-refractivity contribution < 1.29 is 5.11 Å². The molecule has 0 aromatic heterocycles. The maximum Gasteiger partial charge on any atom is 0.0470 e. The van der Waals surface area contributed by atoms with Gasteiger partial charge in [0.2, 0.25) is 0 Å². The molecular formula is C17H29OP. The van der Waals surface area contributed by atoms with E-state index in [4.69, 9.17) is 5.11 Å². The molecule has 0 saturated carbocycles. The van der Waals surface area contributed by atoms with Crippen molar-refractivity contribution >= 4 is 13.9 Å². The molecule has 1 N–H and O–H groups in total. The number of aliphatic hydroxyl groups is 1. The van der Waals surface area contributed by atoms with E-state index in [1.165, 1.54) is 22.0 Å². The largest absolute Gasteiger partial charge is 0.396 e. The average Bonchev–Trinajstić information content (AvgIpc) is 2.34. The van der Waals surface area contributed by atoms with Gasteiger partial charge in [0.15, 0.2) is 0 Å². The molecule has 2 heteroatoms. The molecular weight excluding hydrogens is 251 g/mol. The Morgan fingerprint density at radius 1 is 0.895 bits per heavy atom. The van der Waals surface area contributed by atoms with Crippen LogP contribution in [0.2, 0.25) is 0 Å². The minimum absolute atomic E-state index is 0.291. The van der Waals surface area contributed by atoms with Gasteiger partial charge in [0, 0.05) is 6.61 Å². The third-order valence-electron chi connectivity index (χ3n) is 3.55. The standard InChI is InChI=1S/C17H29OP/c1-11(2)14-9-15(12(3)4)17(19-8-7-18)16(10-14)13(5)6/h9-13,18-19H,7-8H2,1-6H3. The third-order valence-corrected chi connectivity index (χ3v) is 4.95. The first-order valence-corrected chi connectivity index (χ1v) is 8.61. The van der Waals surface area contributed by atoms with Crippen LogP contribution in [0.1, 0.15) is 76.0 Å². The summed E-state index contributed by atoms with van der Waals surface area (Å²) in [5.41, 5.74) is 4.42. The molecule has 1 atom stereocenters. The lowest BCUT2D eigenvalue weighted by Crippen LogP contribution is -2.16. The van der Waals surface area contributed by atoms with Gasteiger partial charge in [-0.3, -0.25) is 0 Å². The van der Waals surface area contributed by atoms with Crippen LogP contribution >= 0.6 is 8.58 Å². The minimum atomic E-state index is 0.291. The van der Waals surface area contributed by atoms with Crippen LogP contribution in [0.15, 0.2) is 12.1 Å². The van der Waals surface area contributed by atoms with Gasteiger partial charge < -0.3 is 5.11 Å². The van der Waals surface area contributed by atoms with Crippen molar-refractivity contribution in [1.29, 1.82) is 0 Å². The van der Waals surface area contributed by atoms with Crippen molar-refractivity contribution in [2.75, 3.05) is 12.8 Å². The van der Waals surface area contributed by atoms with E-state index in [1.807, 2.05) is 0 Å². The number of aliphatic hydroxyl groups excluding tert-OH is 1.